The molecule has 0 saturated carbocycles. The second-order valence-electron chi connectivity index (χ2n) is 5.97. The molecule has 0 bridgehead atoms. The van der Waals surface area contributed by atoms with Gasteiger partial charge in [0, 0.05) is 12.1 Å². The number of carbonyl (C=O) groups is 1. The van der Waals surface area contributed by atoms with Crippen LogP contribution in [-0.2, 0) is 12.0 Å². The van der Waals surface area contributed by atoms with E-state index in [-0.39, 0.29) is 17.2 Å². The van der Waals surface area contributed by atoms with Crippen molar-refractivity contribution in [3.8, 4) is 5.75 Å². The highest BCUT2D eigenvalue weighted by Crippen LogP contribution is 2.37. The van der Waals surface area contributed by atoms with E-state index < -0.39 is 0 Å². The van der Waals surface area contributed by atoms with Crippen molar-refractivity contribution < 1.29 is 9.90 Å². The van der Waals surface area contributed by atoms with Gasteiger partial charge in [-0.15, -0.1) is 0 Å². The number of hydrogen-bond acceptors (Lipinski definition) is 2. The summed E-state index contributed by atoms with van der Waals surface area (Å²) in [5, 5.41) is 9.63. The molecule has 1 N–H and O–H groups in total. The summed E-state index contributed by atoms with van der Waals surface area (Å²) in [5.41, 5.74) is 2.56. The number of hydrogen-bond donors (Lipinski definition) is 1. The second-order valence-corrected chi connectivity index (χ2v) is 5.97. The Balaban J connectivity index is 1.99. The van der Waals surface area contributed by atoms with Crippen molar-refractivity contribution >= 4 is 5.91 Å². The van der Waals surface area contributed by atoms with Crippen LogP contribution in [0.5, 0.6) is 5.75 Å². The Hall–Kier alpha value is -2.29. The molecule has 1 aliphatic rings. The summed E-state index contributed by atoms with van der Waals surface area (Å²) in [5.74, 6) is 0.340. The quantitative estimate of drug-likeness (QED) is 0.871. The van der Waals surface area contributed by atoms with Crippen LogP contribution in [0.2, 0.25) is 0 Å². The first-order chi connectivity index (χ1) is 10.00. The van der Waals surface area contributed by atoms with Crippen LogP contribution in [0.15, 0.2) is 48.5 Å². The van der Waals surface area contributed by atoms with E-state index in [9.17, 15) is 9.90 Å². The number of carbonyl (C=O) groups excluding carboxylic acids is 1. The molecule has 0 radical (unpaired) electrons. The van der Waals surface area contributed by atoms with Crippen LogP contribution in [-0.4, -0.2) is 22.5 Å². The number of benzene rings is 2. The van der Waals surface area contributed by atoms with Gasteiger partial charge in [0.2, 0.25) is 0 Å². The van der Waals surface area contributed by atoms with E-state index >= 15 is 0 Å². The molecule has 0 aliphatic carbocycles. The molecular formula is C18H19NO2. The first-order valence-corrected chi connectivity index (χ1v) is 7.19. The lowest BCUT2D eigenvalue weighted by Crippen LogP contribution is -2.49. The number of phenolic OH excluding ortho intramolecular Hbond substituents is 1. The lowest BCUT2D eigenvalue weighted by atomic mass is 9.83. The molecule has 0 unspecified atom stereocenters. The van der Waals surface area contributed by atoms with E-state index in [1.54, 1.807) is 12.1 Å². The van der Waals surface area contributed by atoms with Crippen molar-refractivity contribution in [3.63, 3.8) is 0 Å². The standard InChI is InChI=1S/C18H19NO2/c1-18(2)16-9-8-15(20)12-14(16)10-11-19(18)17(21)13-6-4-3-5-7-13/h3-9,12,20H,10-11H2,1-2H3. The smallest absolute Gasteiger partial charge is 0.254 e. The van der Waals surface area contributed by atoms with Gasteiger partial charge in [-0.2, -0.15) is 0 Å². The number of amides is 1. The maximum Gasteiger partial charge on any atom is 0.254 e. The molecule has 1 aliphatic heterocycles. The minimum Gasteiger partial charge on any atom is -0.508 e. The largest absolute Gasteiger partial charge is 0.508 e. The van der Waals surface area contributed by atoms with Gasteiger partial charge < -0.3 is 10.0 Å². The van der Waals surface area contributed by atoms with E-state index in [4.69, 9.17) is 0 Å². The molecule has 3 nitrogen and oxygen atoms in total. The highest BCUT2D eigenvalue weighted by molar-refractivity contribution is 5.95. The highest BCUT2D eigenvalue weighted by atomic mass is 16.3. The monoisotopic (exact) mass is 281 g/mol. The molecule has 3 rings (SSSR count). The fourth-order valence-electron chi connectivity index (χ4n) is 3.13. The first-order valence-electron chi connectivity index (χ1n) is 7.19. The third-order valence-corrected chi connectivity index (χ3v) is 4.29. The first kappa shape index (κ1) is 13.7. The van der Waals surface area contributed by atoms with Gasteiger partial charge in [-0.05, 0) is 55.7 Å². The van der Waals surface area contributed by atoms with Gasteiger partial charge in [-0.3, -0.25) is 4.79 Å². The third-order valence-electron chi connectivity index (χ3n) is 4.29. The van der Waals surface area contributed by atoms with Crippen LogP contribution >= 0.6 is 0 Å². The Morgan fingerprint density at radius 2 is 1.86 bits per heavy atom. The molecular weight excluding hydrogens is 262 g/mol. The summed E-state index contributed by atoms with van der Waals surface area (Å²) < 4.78 is 0. The maximum atomic E-state index is 12.8. The van der Waals surface area contributed by atoms with E-state index in [1.807, 2.05) is 41.3 Å². The van der Waals surface area contributed by atoms with Crippen LogP contribution in [0.3, 0.4) is 0 Å². The predicted octanol–water partition coefficient (Wildman–Crippen LogP) is 3.33. The molecule has 2 aromatic carbocycles. The summed E-state index contributed by atoms with van der Waals surface area (Å²) in [6.07, 6.45) is 0.770. The van der Waals surface area contributed by atoms with Crippen LogP contribution in [0, 0.1) is 0 Å². The molecule has 1 amide bonds. The highest BCUT2D eigenvalue weighted by Gasteiger charge is 2.37. The van der Waals surface area contributed by atoms with Gasteiger partial charge in [-0.1, -0.05) is 24.3 Å². The number of aromatic hydroxyl groups is 1. The number of rotatable bonds is 1. The van der Waals surface area contributed by atoms with Crippen molar-refractivity contribution in [3.05, 3.63) is 65.2 Å². The van der Waals surface area contributed by atoms with Crippen molar-refractivity contribution in [1.82, 2.24) is 4.90 Å². The van der Waals surface area contributed by atoms with Gasteiger partial charge in [0.25, 0.3) is 5.91 Å². The molecule has 0 atom stereocenters. The lowest BCUT2D eigenvalue weighted by Gasteiger charge is -2.44. The minimum absolute atomic E-state index is 0.0549. The van der Waals surface area contributed by atoms with Gasteiger partial charge in [0.15, 0.2) is 0 Å². The molecule has 0 fully saturated rings. The number of fused-ring (bicyclic) bond motifs is 1. The van der Waals surface area contributed by atoms with Crippen LogP contribution < -0.4 is 0 Å². The van der Waals surface area contributed by atoms with E-state index in [0.717, 1.165) is 17.5 Å². The zero-order chi connectivity index (χ0) is 15.0. The van der Waals surface area contributed by atoms with Crippen molar-refractivity contribution in [2.24, 2.45) is 0 Å². The van der Waals surface area contributed by atoms with Gasteiger partial charge in [0.1, 0.15) is 5.75 Å². The van der Waals surface area contributed by atoms with Gasteiger partial charge in [-0.25, -0.2) is 0 Å². The average molecular weight is 281 g/mol. The fraction of sp³-hybridized carbons (Fsp3) is 0.278. The Labute approximate surface area is 124 Å². The Morgan fingerprint density at radius 3 is 2.57 bits per heavy atom. The zero-order valence-electron chi connectivity index (χ0n) is 12.3. The Bertz CT molecular complexity index is 677. The van der Waals surface area contributed by atoms with Crippen molar-refractivity contribution in [2.45, 2.75) is 25.8 Å². The molecule has 0 spiro atoms. The van der Waals surface area contributed by atoms with Crippen LogP contribution in [0.4, 0.5) is 0 Å². The lowest BCUT2D eigenvalue weighted by molar-refractivity contribution is 0.0513. The van der Waals surface area contributed by atoms with Crippen LogP contribution in [0.1, 0.15) is 35.3 Å². The molecule has 0 saturated heterocycles. The summed E-state index contributed by atoms with van der Waals surface area (Å²) >= 11 is 0. The molecule has 2 aromatic rings. The normalized spacial score (nSPS) is 16.4. The fourth-order valence-corrected chi connectivity index (χ4v) is 3.13. The van der Waals surface area contributed by atoms with E-state index in [2.05, 4.69) is 13.8 Å². The maximum absolute atomic E-state index is 12.8. The number of nitrogens with zero attached hydrogens (tertiary/aromatic N) is 1. The molecule has 21 heavy (non-hydrogen) atoms. The predicted molar refractivity (Wildman–Crippen MR) is 82.3 cm³/mol. The zero-order valence-corrected chi connectivity index (χ0v) is 12.3. The van der Waals surface area contributed by atoms with Gasteiger partial charge >= 0.3 is 0 Å². The molecule has 0 aromatic heterocycles. The van der Waals surface area contributed by atoms with Crippen LogP contribution in [0.25, 0.3) is 0 Å². The second kappa shape index (κ2) is 4.92. The molecule has 1 heterocycles. The molecule has 108 valence electrons. The van der Waals surface area contributed by atoms with E-state index in [0.29, 0.717) is 12.1 Å². The summed E-state index contributed by atoms with van der Waals surface area (Å²) in [7, 11) is 0. The van der Waals surface area contributed by atoms with Crippen molar-refractivity contribution in [1.29, 1.82) is 0 Å². The summed E-state index contributed by atoms with van der Waals surface area (Å²) in [4.78, 5) is 14.7. The number of phenols is 1. The Morgan fingerprint density at radius 1 is 1.14 bits per heavy atom. The van der Waals surface area contributed by atoms with Gasteiger partial charge in [0.05, 0.1) is 5.54 Å². The molecule has 3 heteroatoms. The minimum atomic E-state index is -0.381. The van der Waals surface area contributed by atoms with E-state index in [1.165, 1.54) is 0 Å². The third kappa shape index (κ3) is 2.29. The SMILES string of the molecule is CC1(C)c2ccc(O)cc2CCN1C(=O)c1ccccc1. The average Bonchev–Trinajstić information content (AvgIpc) is 2.47. The van der Waals surface area contributed by atoms with Crippen molar-refractivity contribution in [2.75, 3.05) is 6.54 Å². The topological polar surface area (TPSA) is 40.5 Å². The summed E-state index contributed by atoms with van der Waals surface area (Å²) in [6, 6.07) is 14.8. The summed E-state index contributed by atoms with van der Waals surface area (Å²) in [6.45, 7) is 4.78. The Kier molecular flexibility index (Phi) is 3.20.